The van der Waals surface area contributed by atoms with Gasteiger partial charge >= 0.3 is 0 Å². The second-order valence-electron chi connectivity index (χ2n) is 4.89. The van der Waals surface area contributed by atoms with Crippen LogP contribution in [0.4, 0.5) is 4.39 Å². The quantitative estimate of drug-likeness (QED) is 0.801. The fraction of sp³-hybridized carbons (Fsp3) is 0.500. The molecule has 0 heterocycles. The summed E-state index contributed by atoms with van der Waals surface area (Å²) in [6.45, 7) is 1.62. The van der Waals surface area contributed by atoms with Crippen molar-refractivity contribution in [2.75, 3.05) is 0 Å². The van der Waals surface area contributed by atoms with Crippen molar-refractivity contribution in [3.63, 3.8) is 0 Å². The van der Waals surface area contributed by atoms with Crippen LogP contribution in [0.1, 0.15) is 48.0 Å². The molecular formula is C14H17FO2. The lowest BCUT2D eigenvalue weighted by Crippen LogP contribution is -2.40. The highest BCUT2D eigenvalue weighted by molar-refractivity contribution is 6.02. The van der Waals surface area contributed by atoms with Gasteiger partial charge in [-0.25, -0.2) is 4.39 Å². The van der Waals surface area contributed by atoms with Gasteiger partial charge in [0, 0.05) is 5.56 Å². The Morgan fingerprint density at radius 2 is 1.94 bits per heavy atom. The third-order valence-corrected chi connectivity index (χ3v) is 3.52. The predicted molar refractivity (Wildman–Crippen MR) is 63.5 cm³/mol. The van der Waals surface area contributed by atoms with Gasteiger partial charge in [0.05, 0.1) is 0 Å². The molecule has 0 atom stereocenters. The minimum absolute atomic E-state index is 0.264. The molecule has 0 aliphatic heterocycles. The van der Waals surface area contributed by atoms with Gasteiger partial charge in [-0.05, 0) is 43.5 Å². The fourth-order valence-electron chi connectivity index (χ4n) is 2.42. The number of aryl methyl sites for hydroxylation is 1. The van der Waals surface area contributed by atoms with Gasteiger partial charge in [0.1, 0.15) is 11.4 Å². The van der Waals surface area contributed by atoms with E-state index in [0.717, 1.165) is 19.3 Å². The second kappa shape index (κ2) is 4.57. The molecule has 17 heavy (non-hydrogen) atoms. The van der Waals surface area contributed by atoms with Gasteiger partial charge < -0.3 is 5.11 Å². The molecule has 92 valence electrons. The van der Waals surface area contributed by atoms with Crippen LogP contribution < -0.4 is 0 Å². The molecule has 1 aliphatic carbocycles. The van der Waals surface area contributed by atoms with Gasteiger partial charge in [-0.3, -0.25) is 4.79 Å². The normalized spacial score (nSPS) is 19.0. The molecule has 0 aromatic heterocycles. The summed E-state index contributed by atoms with van der Waals surface area (Å²) in [4.78, 5) is 12.2. The van der Waals surface area contributed by atoms with Gasteiger partial charge in [-0.2, -0.15) is 0 Å². The molecule has 1 aromatic carbocycles. The maximum atomic E-state index is 13.1. The zero-order valence-electron chi connectivity index (χ0n) is 10.0. The first kappa shape index (κ1) is 12.2. The van der Waals surface area contributed by atoms with Crippen molar-refractivity contribution in [1.82, 2.24) is 0 Å². The summed E-state index contributed by atoms with van der Waals surface area (Å²) in [7, 11) is 0. The topological polar surface area (TPSA) is 37.3 Å². The maximum Gasteiger partial charge on any atom is 0.194 e. The minimum atomic E-state index is -1.23. The van der Waals surface area contributed by atoms with Crippen LogP contribution >= 0.6 is 0 Å². The monoisotopic (exact) mass is 236 g/mol. The van der Waals surface area contributed by atoms with Crippen molar-refractivity contribution >= 4 is 5.78 Å². The smallest absolute Gasteiger partial charge is 0.194 e. The highest BCUT2D eigenvalue weighted by atomic mass is 19.1. The molecule has 3 heteroatoms. The van der Waals surface area contributed by atoms with E-state index in [1.807, 2.05) is 0 Å². The van der Waals surface area contributed by atoms with Crippen LogP contribution in [0.25, 0.3) is 0 Å². The van der Waals surface area contributed by atoms with Gasteiger partial charge in [0.2, 0.25) is 0 Å². The van der Waals surface area contributed by atoms with Crippen molar-refractivity contribution in [2.24, 2.45) is 0 Å². The van der Waals surface area contributed by atoms with Crippen molar-refractivity contribution in [3.8, 4) is 0 Å². The molecule has 1 saturated carbocycles. The summed E-state index contributed by atoms with van der Waals surface area (Å²) in [5.74, 6) is -0.586. The van der Waals surface area contributed by atoms with Crippen LogP contribution in [0.3, 0.4) is 0 Å². The summed E-state index contributed by atoms with van der Waals surface area (Å²) >= 11 is 0. The Bertz CT molecular complexity index is 434. The van der Waals surface area contributed by atoms with Crippen LogP contribution in [-0.4, -0.2) is 16.5 Å². The fourth-order valence-corrected chi connectivity index (χ4v) is 2.42. The molecule has 0 saturated heterocycles. The average Bonchev–Trinajstić information content (AvgIpc) is 2.33. The lowest BCUT2D eigenvalue weighted by Gasteiger charge is -2.30. The first-order valence-electron chi connectivity index (χ1n) is 6.06. The largest absolute Gasteiger partial charge is 0.382 e. The summed E-state index contributed by atoms with van der Waals surface area (Å²) in [5.41, 5.74) is -0.383. The van der Waals surface area contributed by atoms with Gasteiger partial charge in [0.25, 0.3) is 0 Å². The van der Waals surface area contributed by atoms with Crippen LogP contribution in [0.15, 0.2) is 18.2 Å². The molecular weight excluding hydrogens is 219 g/mol. The molecule has 1 aliphatic rings. The molecule has 0 amide bonds. The second-order valence-corrected chi connectivity index (χ2v) is 4.89. The van der Waals surface area contributed by atoms with E-state index in [2.05, 4.69) is 0 Å². The van der Waals surface area contributed by atoms with E-state index < -0.39 is 5.60 Å². The predicted octanol–water partition coefficient (Wildman–Crippen LogP) is 3.01. The number of carbonyl (C=O) groups is 1. The lowest BCUT2D eigenvalue weighted by molar-refractivity contribution is 0.0116. The van der Waals surface area contributed by atoms with Crippen LogP contribution in [0, 0.1) is 12.7 Å². The number of benzene rings is 1. The maximum absolute atomic E-state index is 13.1. The summed E-state index contributed by atoms with van der Waals surface area (Å²) < 4.78 is 13.1. The number of hydrogen-bond donors (Lipinski definition) is 1. The van der Waals surface area contributed by atoms with E-state index in [1.165, 1.54) is 18.2 Å². The lowest BCUT2D eigenvalue weighted by atomic mass is 9.79. The average molecular weight is 236 g/mol. The number of hydrogen-bond acceptors (Lipinski definition) is 2. The Morgan fingerprint density at radius 3 is 2.53 bits per heavy atom. The van der Waals surface area contributed by atoms with E-state index in [4.69, 9.17) is 0 Å². The standard InChI is InChI=1S/C14H17FO2/c1-10-9-11(5-6-12(10)15)13(16)14(17)7-3-2-4-8-14/h5-6,9,17H,2-4,7-8H2,1H3. The van der Waals surface area contributed by atoms with E-state index in [-0.39, 0.29) is 11.6 Å². The Hall–Kier alpha value is -1.22. The number of rotatable bonds is 2. The van der Waals surface area contributed by atoms with Crippen molar-refractivity contribution in [1.29, 1.82) is 0 Å². The molecule has 2 rings (SSSR count). The first-order valence-corrected chi connectivity index (χ1v) is 6.06. The third kappa shape index (κ3) is 2.39. The number of halogens is 1. The molecule has 1 fully saturated rings. The van der Waals surface area contributed by atoms with Gasteiger partial charge in [-0.1, -0.05) is 19.3 Å². The van der Waals surface area contributed by atoms with E-state index in [0.29, 0.717) is 24.0 Å². The van der Waals surface area contributed by atoms with Crippen molar-refractivity contribution < 1.29 is 14.3 Å². The third-order valence-electron chi connectivity index (χ3n) is 3.52. The molecule has 0 bridgehead atoms. The van der Waals surface area contributed by atoms with E-state index >= 15 is 0 Å². The molecule has 1 aromatic rings. The summed E-state index contributed by atoms with van der Waals surface area (Å²) in [6.07, 6.45) is 3.85. The van der Waals surface area contributed by atoms with Gasteiger partial charge in [0.15, 0.2) is 5.78 Å². The molecule has 2 nitrogen and oxygen atoms in total. The highest BCUT2D eigenvalue weighted by Crippen LogP contribution is 2.31. The van der Waals surface area contributed by atoms with Crippen molar-refractivity contribution in [3.05, 3.63) is 35.1 Å². The number of Topliss-reactive ketones (excluding diaryl/α,β-unsaturated/α-hetero) is 1. The van der Waals surface area contributed by atoms with E-state index in [9.17, 15) is 14.3 Å². The molecule has 1 N–H and O–H groups in total. The first-order chi connectivity index (χ1) is 8.03. The Labute approximate surface area is 100 Å². The highest BCUT2D eigenvalue weighted by Gasteiger charge is 2.37. The molecule has 0 spiro atoms. The number of aliphatic hydroxyl groups is 1. The number of carbonyl (C=O) groups excluding carboxylic acids is 1. The summed E-state index contributed by atoms with van der Waals surface area (Å²) in [5, 5.41) is 10.3. The SMILES string of the molecule is Cc1cc(C(=O)C2(O)CCCCC2)ccc1F. The zero-order valence-corrected chi connectivity index (χ0v) is 10.0. The Morgan fingerprint density at radius 1 is 1.29 bits per heavy atom. The van der Waals surface area contributed by atoms with Crippen LogP contribution in [-0.2, 0) is 0 Å². The van der Waals surface area contributed by atoms with Gasteiger partial charge in [-0.15, -0.1) is 0 Å². The van der Waals surface area contributed by atoms with Crippen LogP contribution in [0.2, 0.25) is 0 Å². The molecule has 0 radical (unpaired) electrons. The zero-order chi connectivity index (χ0) is 12.5. The Kier molecular flexibility index (Phi) is 3.29. The number of ketones is 1. The Balaban J connectivity index is 2.26. The minimum Gasteiger partial charge on any atom is -0.382 e. The summed E-state index contributed by atoms with van der Waals surface area (Å²) in [6, 6.07) is 4.26. The van der Waals surface area contributed by atoms with E-state index in [1.54, 1.807) is 6.92 Å². The molecule has 0 unspecified atom stereocenters. The van der Waals surface area contributed by atoms with Crippen LogP contribution in [0.5, 0.6) is 0 Å². The van der Waals surface area contributed by atoms with Crippen molar-refractivity contribution in [2.45, 2.75) is 44.6 Å².